The van der Waals surface area contributed by atoms with Gasteiger partial charge in [-0.15, -0.1) is 0 Å². The van der Waals surface area contributed by atoms with Crippen LogP contribution in [0.3, 0.4) is 0 Å². The molecular weight excluding hydrogens is 281 g/mol. The van der Waals surface area contributed by atoms with Gasteiger partial charge in [-0.2, -0.15) is 0 Å². The SMILES string of the molecule is CCCCCCP(=O)(OC)Oc1ccc([N+](=O)[O-])cc1. The Morgan fingerprint density at radius 3 is 2.35 bits per heavy atom. The van der Waals surface area contributed by atoms with Crippen molar-refractivity contribution in [3.8, 4) is 5.75 Å². The van der Waals surface area contributed by atoms with Gasteiger partial charge in [0.15, 0.2) is 0 Å². The summed E-state index contributed by atoms with van der Waals surface area (Å²) in [5, 5.41) is 10.5. The van der Waals surface area contributed by atoms with Crippen molar-refractivity contribution in [3.05, 3.63) is 34.4 Å². The zero-order chi connectivity index (χ0) is 15.0. The highest BCUT2D eigenvalue weighted by Gasteiger charge is 2.24. The molecule has 0 radical (unpaired) electrons. The molecule has 7 heteroatoms. The molecule has 0 spiro atoms. The molecule has 0 aliphatic rings. The van der Waals surface area contributed by atoms with Crippen LogP contribution in [0, 0.1) is 10.1 Å². The van der Waals surface area contributed by atoms with Crippen LogP contribution in [0.25, 0.3) is 0 Å². The van der Waals surface area contributed by atoms with E-state index in [1.54, 1.807) is 0 Å². The molecule has 112 valence electrons. The van der Waals surface area contributed by atoms with Crippen LogP contribution >= 0.6 is 7.60 Å². The van der Waals surface area contributed by atoms with E-state index in [0.717, 1.165) is 25.7 Å². The fourth-order valence-electron chi connectivity index (χ4n) is 1.70. The summed E-state index contributed by atoms with van der Waals surface area (Å²) in [6, 6.07) is 5.48. The molecule has 0 aliphatic heterocycles. The average Bonchev–Trinajstić information content (AvgIpc) is 2.44. The van der Waals surface area contributed by atoms with Crippen molar-refractivity contribution in [1.82, 2.24) is 0 Å². The normalized spacial score (nSPS) is 13.7. The number of rotatable bonds is 9. The Labute approximate surface area is 118 Å². The van der Waals surface area contributed by atoms with Crippen LogP contribution in [0.4, 0.5) is 5.69 Å². The van der Waals surface area contributed by atoms with Gasteiger partial charge in [-0.3, -0.25) is 10.1 Å². The number of nitro groups is 1. The summed E-state index contributed by atoms with van der Waals surface area (Å²) in [5.74, 6) is 0.316. The first-order valence-corrected chi connectivity index (χ1v) is 8.32. The van der Waals surface area contributed by atoms with Gasteiger partial charge in [-0.05, 0) is 18.6 Å². The van der Waals surface area contributed by atoms with Crippen molar-refractivity contribution in [2.24, 2.45) is 0 Å². The molecule has 0 fully saturated rings. The standard InChI is InChI=1S/C13H20NO5P/c1-3-4-5-6-11-20(17,18-2)19-13-9-7-12(8-10-13)14(15)16/h7-10H,3-6,11H2,1-2H3. The fraction of sp³-hybridized carbons (Fsp3) is 0.538. The lowest BCUT2D eigenvalue weighted by Crippen LogP contribution is -2.00. The monoisotopic (exact) mass is 301 g/mol. The molecule has 0 heterocycles. The first kappa shape index (κ1) is 16.7. The molecule has 0 aromatic heterocycles. The summed E-state index contributed by atoms with van der Waals surface area (Å²) in [6.45, 7) is 2.10. The minimum Gasteiger partial charge on any atom is -0.424 e. The van der Waals surface area contributed by atoms with Crippen LogP contribution in [0.1, 0.15) is 32.6 Å². The van der Waals surface area contributed by atoms with Crippen LogP contribution in [-0.4, -0.2) is 18.2 Å². The maximum atomic E-state index is 12.4. The molecule has 1 atom stereocenters. The molecule has 0 N–H and O–H groups in total. The smallest absolute Gasteiger partial charge is 0.378 e. The predicted molar refractivity (Wildman–Crippen MR) is 77.3 cm³/mol. The van der Waals surface area contributed by atoms with E-state index in [1.807, 2.05) is 0 Å². The molecule has 1 aromatic rings. The van der Waals surface area contributed by atoms with Gasteiger partial charge in [0.2, 0.25) is 0 Å². The largest absolute Gasteiger partial charge is 0.424 e. The molecule has 1 rings (SSSR count). The fourth-order valence-corrected chi connectivity index (χ4v) is 3.10. The van der Waals surface area contributed by atoms with Crippen molar-refractivity contribution in [2.75, 3.05) is 13.3 Å². The van der Waals surface area contributed by atoms with Gasteiger partial charge in [0.05, 0.1) is 11.1 Å². The molecular formula is C13H20NO5P. The summed E-state index contributed by atoms with van der Waals surface area (Å²) < 4.78 is 22.7. The van der Waals surface area contributed by atoms with Crippen molar-refractivity contribution < 1.29 is 18.5 Å². The highest BCUT2D eigenvalue weighted by molar-refractivity contribution is 7.54. The molecule has 0 saturated carbocycles. The van der Waals surface area contributed by atoms with Crippen LogP contribution in [-0.2, 0) is 9.09 Å². The van der Waals surface area contributed by atoms with Crippen molar-refractivity contribution >= 4 is 13.3 Å². The zero-order valence-corrected chi connectivity index (χ0v) is 12.7. The Morgan fingerprint density at radius 2 is 1.85 bits per heavy atom. The molecule has 0 aliphatic carbocycles. The number of hydrogen-bond donors (Lipinski definition) is 0. The Balaban J connectivity index is 2.62. The van der Waals surface area contributed by atoms with E-state index in [2.05, 4.69) is 6.92 Å². The molecule has 1 unspecified atom stereocenters. The second kappa shape index (κ2) is 8.02. The summed E-state index contributed by atoms with van der Waals surface area (Å²) in [6.07, 6.45) is 4.28. The van der Waals surface area contributed by atoms with E-state index in [0.29, 0.717) is 11.9 Å². The van der Waals surface area contributed by atoms with E-state index in [1.165, 1.54) is 31.4 Å². The Kier molecular flexibility index (Phi) is 6.68. The van der Waals surface area contributed by atoms with E-state index in [4.69, 9.17) is 9.05 Å². The van der Waals surface area contributed by atoms with Crippen LogP contribution in [0.5, 0.6) is 5.75 Å². The second-order valence-corrected chi connectivity index (χ2v) is 6.64. The molecule has 20 heavy (non-hydrogen) atoms. The average molecular weight is 301 g/mol. The molecule has 0 amide bonds. The maximum Gasteiger partial charge on any atom is 0.378 e. The van der Waals surface area contributed by atoms with Crippen molar-refractivity contribution in [1.29, 1.82) is 0 Å². The van der Waals surface area contributed by atoms with E-state index in [-0.39, 0.29) is 5.69 Å². The number of nitro benzene ring substituents is 1. The maximum absolute atomic E-state index is 12.4. The second-order valence-electron chi connectivity index (χ2n) is 4.42. The van der Waals surface area contributed by atoms with Crippen LogP contribution in [0.2, 0.25) is 0 Å². The lowest BCUT2D eigenvalue weighted by Gasteiger charge is -2.17. The number of nitrogens with zero attached hydrogens (tertiary/aromatic N) is 1. The van der Waals surface area contributed by atoms with E-state index in [9.17, 15) is 14.7 Å². The molecule has 6 nitrogen and oxygen atoms in total. The topological polar surface area (TPSA) is 78.7 Å². The van der Waals surface area contributed by atoms with Gasteiger partial charge in [0, 0.05) is 19.2 Å². The third kappa shape index (κ3) is 5.31. The lowest BCUT2D eigenvalue weighted by atomic mass is 10.2. The molecule has 0 bridgehead atoms. The first-order valence-electron chi connectivity index (χ1n) is 6.59. The third-order valence-electron chi connectivity index (χ3n) is 2.86. The third-order valence-corrected chi connectivity index (χ3v) is 4.77. The predicted octanol–water partition coefficient (Wildman–Crippen LogP) is 4.39. The lowest BCUT2D eigenvalue weighted by molar-refractivity contribution is -0.384. The van der Waals surface area contributed by atoms with Crippen molar-refractivity contribution in [3.63, 3.8) is 0 Å². The quantitative estimate of drug-likeness (QED) is 0.292. The summed E-state index contributed by atoms with van der Waals surface area (Å²) in [5.41, 5.74) is -0.0347. The summed E-state index contributed by atoms with van der Waals surface area (Å²) in [7, 11) is -1.82. The van der Waals surface area contributed by atoms with Gasteiger partial charge in [-0.1, -0.05) is 26.2 Å². The highest BCUT2D eigenvalue weighted by Crippen LogP contribution is 2.48. The first-order chi connectivity index (χ1) is 9.50. The zero-order valence-electron chi connectivity index (χ0n) is 11.8. The van der Waals surface area contributed by atoms with E-state index < -0.39 is 12.5 Å². The Morgan fingerprint density at radius 1 is 1.20 bits per heavy atom. The number of benzene rings is 1. The Hall–Kier alpha value is -1.39. The Bertz CT molecular complexity index is 474. The summed E-state index contributed by atoms with van der Waals surface area (Å²) >= 11 is 0. The molecule has 1 aromatic carbocycles. The summed E-state index contributed by atoms with van der Waals surface area (Å²) in [4.78, 5) is 10.0. The highest BCUT2D eigenvalue weighted by atomic mass is 31.2. The number of unbranched alkanes of at least 4 members (excludes halogenated alkanes) is 3. The van der Waals surface area contributed by atoms with Gasteiger partial charge in [0.1, 0.15) is 5.75 Å². The van der Waals surface area contributed by atoms with Crippen LogP contribution < -0.4 is 4.52 Å². The van der Waals surface area contributed by atoms with Gasteiger partial charge < -0.3 is 9.05 Å². The van der Waals surface area contributed by atoms with Gasteiger partial charge in [-0.25, -0.2) is 4.57 Å². The number of non-ortho nitro benzene ring substituents is 1. The van der Waals surface area contributed by atoms with Gasteiger partial charge in [0.25, 0.3) is 5.69 Å². The molecule has 0 saturated heterocycles. The van der Waals surface area contributed by atoms with Crippen LogP contribution in [0.15, 0.2) is 24.3 Å². The van der Waals surface area contributed by atoms with Gasteiger partial charge >= 0.3 is 7.60 Å². The minimum absolute atomic E-state index is 0.0347. The minimum atomic E-state index is -3.17. The van der Waals surface area contributed by atoms with E-state index >= 15 is 0 Å². The number of hydrogen-bond acceptors (Lipinski definition) is 5. The van der Waals surface area contributed by atoms with Crippen molar-refractivity contribution in [2.45, 2.75) is 32.6 Å².